The highest BCUT2D eigenvalue weighted by atomic mass is 15.1. The molecule has 19 heavy (non-hydrogen) atoms. The van der Waals surface area contributed by atoms with Crippen LogP contribution in [0.5, 0.6) is 0 Å². The minimum atomic E-state index is 0.679. The summed E-state index contributed by atoms with van der Waals surface area (Å²) in [6.45, 7) is 7.86. The SMILES string of the molecule is CC(C)Cc1nc2n(c1C1=CCNCC1)CCCC2. The third kappa shape index (κ3) is 2.62. The topological polar surface area (TPSA) is 29.9 Å². The molecular formula is C16H25N3. The number of rotatable bonds is 3. The van der Waals surface area contributed by atoms with Crippen molar-refractivity contribution in [3.8, 4) is 0 Å². The van der Waals surface area contributed by atoms with E-state index in [0.29, 0.717) is 5.92 Å². The maximum Gasteiger partial charge on any atom is 0.109 e. The molecule has 0 spiro atoms. The highest BCUT2D eigenvalue weighted by molar-refractivity contribution is 5.66. The standard InChI is InChI=1S/C16H25N3/c1-12(2)11-14-16(13-6-8-17-9-7-13)19-10-4-3-5-15(19)18-14/h6,12,17H,3-5,7-11H2,1-2H3. The van der Waals surface area contributed by atoms with Gasteiger partial charge in [0, 0.05) is 19.5 Å². The van der Waals surface area contributed by atoms with E-state index in [1.165, 1.54) is 42.2 Å². The van der Waals surface area contributed by atoms with Crippen LogP contribution in [0.1, 0.15) is 50.3 Å². The summed E-state index contributed by atoms with van der Waals surface area (Å²) >= 11 is 0. The fourth-order valence-electron chi connectivity index (χ4n) is 3.26. The normalized spacial score (nSPS) is 19.4. The van der Waals surface area contributed by atoms with Crippen molar-refractivity contribution in [3.05, 3.63) is 23.3 Å². The molecule has 104 valence electrons. The van der Waals surface area contributed by atoms with Gasteiger partial charge < -0.3 is 9.88 Å². The summed E-state index contributed by atoms with van der Waals surface area (Å²) in [6.07, 6.45) is 8.40. The second-order valence-electron chi connectivity index (χ2n) is 6.21. The summed E-state index contributed by atoms with van der Waals surface area (Å²) in [4.78, 5) is 4.97. The Bertz CT molecular complexity index is 482. The van der Waals surface area contributed by atoms with E-state index in [9.17, 15) is 0 Å². The Morgan fingerprint density at radius 1 is 1.32 bits per heavy atom. The first-order chi connectivity index (χ1) is 9.25. The largest absolute Gasteiger partial charge is 0.328 e. The molecule has 1 aromatic rings. The number of aromatic nitrogens is 2. The summed E-state index contributed by atoms with van der Waals surface area (Å²) < 4.78 is 2.51. The van der Waals surface area contributed by atoms with Gasteiger partial charge in [0.15, 0.2) is 0 Å². The molecule has 3 heterocycles. The van der Waals surface area contributed by atoms with Crippen molar-refractivity contribution in [3.63, 3.8) is 0 Å². The molecule has 1 aromatic heterocycles. The molecule has 0 saturated carbocycles. The quantitative estimate of drug-likeness (QED) is 0.904. The lowest BCUT2D eigenvalue weighted by Crippen LogP contribution is -2.22. The number of fused-ring (bicyclic) bond motifs is 1. The molecule has 2 aliphatic heterocycles. The predicted octanol–water partition coefficient (Wildman–Crippen LogP) is 2.79. The van der Waals surface area contributed by atoms with E-state index < -0.39 is 0 Å². The van der Waals surface area contributed by atoms with Crippen molar-refractivity contribution < 1.29 is 0 Å². The molecule has 0 aliphatic carbocycles. The number of imidazole rings is 1. The Balaban J connectivity index is 2.03. The van der Waals surface area contributed by atoms with Gasteiger partial charge >= 0.3 is 0 Å². The zero-order valence-electron chi connectivity index (χ0n) is 12.2. The summed E-state index contributed by atoms with van der Waals surface area (Å²) in [6, 6.07) is 0. The van der Waals surface area contributed by atoms with Crippen LogP contribution in [0.25, 0.3) is 5.57 Å². The second kappa shape index (κ2) is 5.49. The molecular weight excluding hydrogens is 234 g/mol. The molecule has 0 atom stereocenters. The van der Waals surface area contributed by atoms with Crippen molar-refractivity contribution in [2.45, 2.75) is 52.5 Å². The molecule has 2 aliphatic rings. The zero-order chi connectivity index (χ0) is 13.2. The zero-order valence-corrected chi connectivity index (χ0v) is 12.2. The van der Waals surface area contributed by atoms with Gasteiger partial charge in [-0.3, -0.25) is 0 Å². The first-order valence-corrected chi connectivity index (χ1v) is 7.74. The third-order valence-electron chi connectivity index (χ3n) is 4.12. The van der Waals surface area contributed by atoms with Crippen LogP contribution < -0.4 is 5.32 Å². The van der Waals surface area contributed by atoms with E-state index in [1.54, 1.807) is 0 Å². The van der Waals surface area contributed by atoms with E-state index in [2.05, 4.69) is 29.8 Å². The van der Waals surface area contributed by atoms with E-state index >= 15 is 0 Å². The van der Waals surface area contributed by atoms with E-state index in [1.807, 2.05) is 0 Å². The van der Waals surface area contributed by atoms with Crippen LogP contribution in [0.15, 0.2) is 6.08 Å². The monoisotopic (exact) mass is 259 g/mol. The Morgan fingerprint density at radius 2 is 2.21 bits per heavy atom. The van der Waals surface area contributed by atoms with Crippen LogP contribution in [-0.4, -0.2) is 22.6 Å². The van der Waals surface area contributed by atoms with E-state index in [0.717, 1.165) is 32.4 Å². The van der Waals surface area contributed by atoms with Gasteiger partial charge in [-0.05, 0) is 43.7 Å². The van der Waals surface area contributed by atoms with Gasteiger partial charge in [-0.15, -0.1) is 0 Å². The Hall–Kier alpha value is -1.09. The molecule has 0 fully saturated rings. The van der Waals surface area contributed by atoms with Gasteiger partial charge in [0.2, 0.25) is 0 Å². The molecule has 0 amide bonds. The Labute approximate surface area is 116 Å². The van der Waals surface area contributed by atoms with Crippen LogP contribution in [0.3, 0.4) is 0 Å². The number of nitrogens with zero attached hydrogens (tertiary/aromatic N) is 2. The Morgan fingerprint density at radius 3 is 2.95 bits per heavy atom. The lowest BCUT2D eigenvalue weighted by Gasteiger charge is -2.21. The molecule has 0 saturated heterocycles. The van der Waals surface area contributed by atoms with Crippen LogP contribution in [0.4, 0.5) is 0 Å². The average molecular weight is 259 g/mol. The fourth-order valence-corrected chi connectivity index (χ4v) is 3.26. The van der Waals surface area contributed by atoms with E-state index in [-0.39, 0.29) is 0 Å². The maximum atomic E-state index is 4.97. The van der Waals surface area contributed by atoms with Crippen molar-refractivity contribution in [1.82, 2.24) is 14.9 Å². The summed E-state index contributed by atoms with van der Waals surface area (Å²) in [5, 5.41) is 3.41. The fraction of sp³-hybridized carbons (Fsp3) is 0.688. The number of nitrogens with one attached hydrogen (secondary N) is 1. The molecule has 3 nitrogen and oxygen atoms in total. The lowest BCUT2D eigenvalue weighted by molar-refractivity contribution is 0.517. The summed E-state index contributed by atoms with van der Waals surface area (Å²) in [5.74, 6) is 2.01. The van der Waals surface area contributed by atoms with Gasteiger partial charge in [0.05, 0.1) is 11.4 Å². The Kier molecular flexibility index (Phi) is 3.74. The van der Waals surface area contributed by atoms with Crippen LogP contribution in [-0.2, 0) is 19.4 Å². The molecule has 0 unspecified atom stereocenters. The predicted molar refractivity (Wildman–Crippen MR) is 79.2 cm³/mol. The van der Waals surface area contributed by atoms with Gasteiger partial charge in [-0.2, -0.15) is 0 Å². The average Bonchev–Trinajstić information content (AvgIpc) is 2.76. The number of aryl methyl sites for hydroxylation is 1. The van der Waals surface area contributed by atoms with Gasteiger partial charge in [-0.1, -0.05) is 19.9 Å². The molecule has 3 rings (SSSR count). The molecule has 0 aromatic carbocycles. The van der Waals surface area contributed by atoms with Crippen molar-refractivity contribution in [2.75, 3.05) is 13.1 Å². The van der Waals surface area contributed by atoms with Crippen molar-refractivity contribution in [2.24, 2.45) is 5.92 Å². The van der Waals surface area contributed by atoms with Gasteiger partial charge in [0.25, 0.3) is 0 Å². The lowest BCUT2D eigenvalue weighted by atomic mass is 9.99. The maximum absolute atomic E-state index is 4.97. The molecule has 0 radical (unpaired) electrons. The van der Waals surface area contributed by atoms with Crippen molar-refractivity contribution >= 4 is 5.57 Å². The number of hydrogen-bond donors (Lipinski definition) is 1. The molecule has 3 heteroatoms. The molecule has 0 bridgehead atoms. The van der Waals surface area contributed by atoms with Crippen LogP contribution in [0.2, 0.25) is 0 Å². The first-order valence-electron chi connectivity index (χ1n) is 7.74. The smallest absolute Gasteiger partial charge is 0.109 e. The highest BCUT2D eigenvalue weighted by Crippen LogP contribution is 2.29. The van der Waals surface area contributed by atoms with Gasteiger partial charge in [-0.25, -0.2) is 4.98 Å². The number of hydrogen-bond acceptors (Lipinski definition) is 2. The van der Waals surface area contributed by atoms with Crippen molar-refractivity contribution in [1.29, 1.82) is 0 Å². The van der Waals surface area contributed by atoms with Crippen LogP contribution >= 0.6 is 0 Å². The highest BCUT2D eigenvalue weighted by Gasteiger charge is 2.23. The third-order valence-corrected chi connectivity index (χ3v) is 4.12. The summed E-state index contributed by atoms with van der Waals surface area (Å²) in [5.41, 5.74) is 4.33. The minimum absolute atomic E-state index is 0.679. The van der Waals surface area contributed by atoms with Gasteiger partial charge in [0.1, 0.15) is 5.82 Å². The minimum Gasteiger partial charge on any atom is -0.328 e. The van der Waals surface area contributed by atoms with Crippen LogP contribution in [0, 0.1) is 5.92 Å². The second-order valence-corrected chi connectivity index (χ2v) is 6.21. The van der Waals surface area contributed by atoms with E-state index in [4.69, 9.17) is 4.98 Å². The molecule has 1 N–H and O–H groups in total. The summed E-state index contributed by atoms with van der Waals surface area (Å²) in [7, 11) is 0. The first kappa shape index (κ1) is 12.9.